The maximum atomic E-state index is 13.5. The van der Waals surface area contributed by atoms with Crippen LogP contribution in [0, 0.1) is 23.3 Å². The Hall–Kier alpha value is -1.93. The van der Waals surface area contributed by atoms with E-state index in [1.54, 1.807) is 16.8 Å². The Bertz CT molecular complexity index is 675. The highest BCUT2D eigenvalue weighted by Gasteiger charge is 2.28. The van der Waals surface area contributed by atoms with E-state index in [0.717, 1.165) is 0 Å². The van der Waals surface area contributed by atoms with E-state index in [1.807, 2.05) is 0 Å². The van der Waals surface area contributed by atoms with Crippen molar-refractivity contribution in [2.45, 2.75) is 12.5 Å². The molecule has 1 aromatic heterocycles. The van der Waals surface area contributed by atoms with Gasteiger partial charge in [0.2, 0.25) is 0 Å². The summed E-state index contributed by atoms with van der Waals surface area (Å²) in [6.45, 7) is 0.994. The van der Waals surface area contributed by atoms with Crippen LogP contribution >= 0.6 is 11.3 Å². The minimum Gasteiger partial charge on any atom is -0.384 e. The van der Waals surface area contributed by atoms with Crippen molar-refractivity contribution in [3.8, 4) is 0 Å². The van der Waals surface area contributed by atoms with Crippen molar-refractivity contribution >= 4 is 17.2 Å². The summed E-state index contributed by atoms with van der Waals surface area (Å²) in [6, 6.07) is 1.63. The van der Waals surface area contributed by atoms with Gasteiger partial charge >= 0.3 is 0 Å². The van der Waals surface area contributed by atoms with Gasteiger partial charge < -0.3 is 10.4 Å². The lowest BCUT2D eigenvalue weighted by Crippen LogP contribution is -2.39. The lowest BCUT2D eigenvalue weighted by Gasteiger charge is -2.23. The van der Waals surface area contributed by atoms with E-state index in [2.05, 4.69) is 5.32 Å². The molecule has 0 saturated heterocycles. The summed E-state index contributed by atoms with van der Waals surface area (Å²) in [5.41, 5.74) is -2.36. The van der Waals surface area contributed by atoms with Crippen LogP contribution in [-0.2, 0) is 5.60 Å². The molecule has 0 aliphatic heterocycles. The minimum atomic E-state index is -1.79. The van der Waals surface area contributed by atoms with Crippen molar-refractivity contribution in [1.82, 2.24) is 5.32 Å². The molecule has 0 aliphatic rings. The van der Waals surface area contributed by atoms with Crippen molar-refractivity contribution < 1.29 is 27.5 Å². The van der Waals surface area contributed by atoms with Crippen LogP contribution in [0.3, 0.4) is 0 Å². The number of aliphatic hydroxyl groups is 1. The molecule has 0 bridgehead atoms. The second-order valence-corrected chi connectivity index (χ2v) is 5.59. The second-order valence-electron chi connectivity index (χ2n) is 4.81. The first-order valence-electron chi connectivity index (χ1n) is 6.10. The number of hydrogen-bond acceptors (Lipinski definition) is 3. The molecule has 1 amide bonds. The lowest BCUT2D eigenvalue weighted by molar-refractivity contribution is 0.0527. The summed E-state index contributed by atoms with van der Waals surface area (Å²) >= 11 is 1.31. The average molecular weight is 333 g/mol. The summed E-state index contributed by atoms with van der Waals surface area (Å²) in [5, 5.41) is 15.6. The van der Waals surface area contributed by atoms with Crippen LogP contribution in [0.15, 0.2) is 22.9 Å². The van der Waals surface area contributed by atoms with Crippen molar-refractivity contribution in [3.05, 3.63) is 57.3 Å². The molecule has 0 saturated carbocycles. The van der Waals surface area contributed by atoms with Gasteiger partial charge in [0, 0.05) is 6.07 Å². The molecule has 3 nitrogen and oxygen atoms in total. The zero-order chi connectivity index (χ0) is 16.5. The Morgan fingerprint density at radius 2 is 1.86 bits per heavy atom. The molecule has 118 valence electrons. The van der Waals surface area contributed by atoms with Crippen LogP contribution in [-0.4, -0.2) is 17.6 Å². The predicted octanol–water partition coefficient (Wildman–Crippen LogP) is 2.94. The van der Waals surface area contributed by atoms with Crippen LogP contribution in [0.5, 0.6) is 0 Å². The van der Waals surface area contributed by atoms with Crippen LogP contribution in [0.1, 0.15) is 22.8 Å². The molecule has 1 heterocycles. The first-order valence-corrected chi connectivity index (χ1v) is 7.04. The van der Waals surface area contributed by atoms with Crippen molar-refractivity contribution in [3.63, 3.8) is 0 Å². The van der Waals surface area contributed by atoms with E-state index >= 15 is 0 Å². The molecule has 0 aliphatic carbocycles. The van der Waals surface area contributed by atoms with Crippen molar-refractivity contribution in [2.75, 3.05) is 6.54 Å². The average Bonchev–Trinajstić information content (AvgIpc) is 2.98. The zero-order valence-electron chi connectivity index (χ0n) is 11.3. The summed E-state index contributed by atoms with van der Waals surface area (Å²) in [4.78, 5) is 11.8. The summed E-state index contributed by atoms with van der Waals surface area (Å²) < 4.78 is 53.1. The Labute approximate surface area is 127 Å². The molecule has 2 aromatic rings. The van der Waals surface area contributed by atoms with Crippen LogP contribution in [0.25, 0.3) is 0 Å². The topological polar surface area (TPSA) is 49.3 Å². The van der Waals surface area contributed by atoms with Gasteiger partial charge in [-0.25, -0.2) is 17.6 Å². The van der Waals surface area contributed by atoms with Gasteiger partial charge in [0.05, 0.1) is 6.54 Å². The molecule has 0 fully saturated rings. The van der Waals surface area contributed by atoms with Gasteiger partial charge in [-0.05, 0) is 29.3 Å². The van der Waals surface area contributed by atoms with Crippen LogP contribution < -0.4 is 5.32 Å². The number of amides is 1. The zero-order valence-corrected chi connectivity index (χ0v) is 12.1. The fourth-order valence-corrected chi connectivity index (χ4v) is 2.57. The first kappa shape index (κ1) is 16.4. The minimum absolute atomic E-state index is 0.0168. The van der Waals surface area contributed by atoms with E-state index in [0.29, 0.717) is 5.56 Å². The van der Waals surface area contributed by atoms with Gasteiger partial charge in [0.1, 0.15) is 11.2 Å². The van der Waals surface area contributed by atoms with Crippen LogP contribution in [0.2, 0.25) is 0 Å². The van der Waals surface area contributed by atoms with Gasteiger partial charge in [-0.3, -0.25) is 4.79 Å². The van der Waals surface area contributed by atoms with Gasteiger partial charge in [0.25, 0.3) is 5.91 Å². The van der Waals surface area contributed by atoms with E-state index in [9.17, 15) is 27.5 Å². The van der Waals surface area contributed by atoms with E-state index in [-0.39, 0.29) is 12.6 Å². The standard InChI is InChI=1S/C14H11F4NO2S/c1-14(21,7-2-3-22-5-7)6-19-13(20)10-11(17)8(15)4-9(16)12(10)18/h2-5,21H,6H2,1H3,(H,19,20). The highest BCUT2D eigenvalue weighted by Crippen LogP contribution is 2.23. The number of hydrogen-bond donors (Lipinski definition) is 2. The Balaban J connectivity index is 2.21. The monoisotopic (exact) mass is 333 g/mol. The predicted molar refractivity (Wildman–Crippen MR) is 72.5 cm³/mol. The molecule has 8 heteroatoms. The van der Waals surface area contributed by atoms with Gasteiger partial charge in [0.15, 0.2) is 23.3 Å². The molecule has 2 rings (SSSR count). The van der Waals surface area contributed by atoms with Gasteiger partial charge in [-0.2, -0.15) is 11.3 Å². The van der Waals surface area contributed by atoms with Gasteiger partial charge in [-0.15, -0.1) is 0 Å². The molecular formula is C14H11F4NO2S. The number of thiophene rings is 1. The lowest BCUT2D eigenvalue weighted by atomic mass is 9.99. The van der Waals surface area contributed by atoms with Gasteiger partial charge in [-0.1, -0.05) is 0 Å². The molecule has 0 spiro atoms. The molecule has 22 heavy (non-hydrogen) atoms. The van der Waals surface area contributed by atoms with Crippen molar-refractivity contribution in [2.24, 2.45) is 0 Å². The number of halogens is 4. The van der Waals surface area contributed by atoms with E-state index in [4.69, 9.17) is 0 Å². The fraction of sp³-hybridized carbons (Fsp3) is 0.214. The highest BCUT2D eigenvalue weighted by molar-refractivity contribution is 7.08. The molecule has 1 unspecified atom stereocenters. The molecule has 1 atom stereocenters. The third-order valence-corrected chi connectivity index (χ3v) is 3.76. The molecule has 1 aromatic carbocycles. The number of benzene rings is 1. The number of carbonyl (C=O) groups is 1. The summed E-state index contributed by atoms with van der Waals surface area (Å²) in [7, 11) is 0. The Kier molecular flexibility index (Phi) is 4.52. The smallest absolute Gasteiger partial charge is 0.257 e. The maximum absolute atomic E-state index is 13.5. The SMILES string of the molecule is CC(O)(CNC(=O)c1c(F)c(F)cc(F)c1F)c1ccsc1. The number of nitrogens with one attached hydrogen (secondary N) is 1. The van der Waals surface area contributed by atoms with Crippen molar-refractivity contribution in [1.29, 1.82) is 0 Å². The van der Waals surface area contributed by atoms with E-state index < -0.39 is 40.3 Å². The maximum Gasteiger partial charge on any atom is 0.257 e. The Morgan fingerprint density at radius 1 is 1.27 bits per heavy atom. The van der Waals surface area contributed by atoms with Crippen LogP contribution in [0.4, 0.5) is 17.6 Å². The number of rotatable bonds is 4. The highest BCUT2D eigenvalue weighted by atomic mass is 32.1. The fourth-order valence-electron chi connectivity index (χ4n) is 1.79. The quantitative estimate of drug-likeness (QED) is 0.668. The number of carbonyl (C=O) groups excluding carboxylic acids is 1. The summed E-state index contributed by atoms with van der Waals surface area (Å²) in [6.07, 6.45) is 0. The summed E-state index contributed by atoms with van der Waals surface area (Å²) in [5.74, 6) is -8.27. The normalized spacial score (nSPS) is 13.7. The third kappa shape index (κ3) is 3.12. The largest absolute Gasteiger partial charge is 0.384 e. The van der Waals surface area contributed by atoms with E-state index in [1.165, 1.54) is 18.3 Å². The molecule has 2 N–H and O–H groups in total. The Morgan fingerprint density at radius 3 is 2.36 bits per heavy atom. The molecule has 0 radical (unpaired) electrons. The first-order chi connectivity index (χ1) is 10.2. The molecular weight excluding hydrogens is 322 g/mol. The second kappa shape index (κ2) is 6.05. The third-order valence-electron chi connectivity index (χ3n) is 3.08.